The fourth-order valence-corrected chi connectivity index (χ4v) is 4.38. The van der Waals surface area contributed by atoms with Crippen molar-refractivity contribution in [2.24, 2.45) is 0 Å². The van der Waals surface area contributed by atoms with Gasteiger partial charge in [-0.15, -0.1) is 0 Å². The molecule has 13 heteroatoms. The van der Waals surface area contributed by atoms with Crippen LogP contribution in [-0.2, 0) is 14.4 Å². The normalized spacial score (nSPS) is 14.1. The van der Waals surface area contributed by atoms with Gasteiger partial charge in [-0.2, -0.15) is 0 Å². The van der Waals surface area contributed by atoms with Gasteiger partial charge < -0.3 is 14.8 Å². The number of nitrogens with one attached hydrogen (secondary N) is 2. The zero-order chi connectivity index (χ0) is 29.0. The Bertz CT molecular complexity index is 1590. The van der Waals surface area contributed by atoms with Gasteiger partial charge in [0.25, 0.3) is 23.4 Å². The number of urea groups is 1. The molecular formula is C27H21BrN4O8. The van der Waals surface area contributed by atoms with E-state index in [2.05, 4.69) is 26.6 Å². The Kier molecular flexibility index (Phi) is 8.24. The number of nitrogens with zero attached hydrogens (tertiary/aromatic N) is 2. The lowest BCUT2D eigenvalue weighted by Crippen LogP contribution is -2.54. The predicted molar refractivity (Wildman–Crippen MR) is 148 cm³/mol. The van der Waals surface area contributed by atoms with E-state index in [9.17, 15) is 29.3 Å². The number of rotatable bonds is 8. The van der Waals surface area contributed by atoms with Crippen molar-refractivity contribution in [2.45, 2.75) is 6.92 Å². The van der Waals surface area contributed by atoms with Crippen molar-refractivity contribution in [1.82, 2.24) is 5.32 Å². The molecule has 1 heterocycles. The number of carbonyl (C=O) groups excluding carboxylic acids is 4. The Hall–Kier alpha value is -5.04. The highest BCUT2D eigenvalue weighted by atomic mass is 79.9. The lowest BCUT2D eigenvalue weighted by Gasteiger charge is -2.26. The van der Waals surface area contributed by atoms with E-state index in [4.69, 9.17) is 9.47 Å². The number of barbiturate groups is 1. The van der Waals surface area contributed by atoms with E-state index in [1.807, 2.05) is 19.1 Å². The second-order valence-corrected chi connectivity index (χ2v) is 9.28. The number of aryl methyl sites for hydroxylation is 1. The van der Waals surface area contributed by atoms with Crippen LogP contribution >= 0.6 is 15.9 Å². The first kappa shape index (κ1) is 28.0. The molecule has 204 valence electrons. The number of hydrogen-bond donors (Lipinski definition) is 2. The highest BCUT2D eigenvalue weighted by molar-refractivity contribution is 9.10. The Morgan fingerprint density at radius 1 is 1.12 bits per heavy atom. The van der Waals surface area contributed by atoms with Crippen molar-refractivity contribution >= 4 is 62.8 Å². The lowest BCUT2D eigenvalue weighted by molar-refractivity contribution is -0.384. The molecule has 1 aliphatic rings. The molecule has 0 atom stereocenters. The van der Waals surface area contributed by atoms with Crippen LogP contribution in [0.1, 0.15) is 11.1 Å². The van der Waals surface area contributed by atoms with Gasteiger partial charge in [-0.25, -0.2) is 9.69 Å². The summed E-state index contributed by atoms with van der Waals surface area (Å²) in [6.45, 7) is 1.53. The Morgan fingerprint density at radius 3 is 2.58 bits per heavy atom. The SMILES string of the molecule is COc1cc(/C=C2/C(=O)NC(=O)N(c3cccc([N+](=O)[O-])c3)C2=O)cc(Br)c1OCC(=O)Nc1ccccc1C. The van der Waals surface area contributed by atoms with Crippen LogP contribution in [0.5, 0.6) is 11.5 Å². The maximum Gasteiger partial charge on any atom is 0.335 e. The Balaban J connectivity index is 1.58. The summed E-state index contributed by atoms with van der Waals surface area (Å²) < 4.78 is 11.4. The molecule has 0 bridgehead atoms. The van der Waals surface area contributed by atoms with Gasteiger partial charge >= 0.3 is 6.03 Å². The number of halogens is 1. The largest absolute Gasteiger partial charge is 0.493 e. The minimum Gasteiger partial charge on any atom is -0.493 e. The van der Waals surface area contributed by atoms with E-state index in [1.54, 1.807) is 12.1 Å². The van der Waals surface area contributed by atoms with Crippen LogP contribution in [0.2, 0.25) is 0 Å². The molecule has 0 aromatic heterocycles. The fourth-order valence-electron chi connectivity index (χ4n) is 3.80. The third-order valence-electron chi connectivity index (χ3n) is 5.73. The van der Waals surface area contributed by atoms with Gasteiger partial charge in [0.05, 0.1) is 22.2 Å². The topological polar surface area (TPSA) is 157 Å². The second kappa shape index (κ2) is 11.8. The lowest BCUT2D eigenvalue weighted by atomic mass is 10.1. The van der Waals surface area contributed by atoms with E-state index in [0.29, 0.717) is 20.6 Å². The molecule has 40 heavy (non-hydrogen) atoms. The number of carbonyl (C=O) groups is 4. The zero-order valence-electron chi connectivity index (χ0n) is 21.1. The van der Waals surface area contributed by atoms with Crippen LogP contribution in [-0.4, -0.2) is 42.4 Å². The maximum absolute atomic E-state index is 13.2. The van der Waals surface area contributed by atoms with E-state index in [-0.39, 0.29) is 29.5 Å². The Labute approximate surface area is 235 Å². The van der Waals surface area contributed by atoms with Gasteiger partial charge in [-0.3, -0.25) is 29.8 Å². The number of nitro groups is 1. The van der Waals surface area contributed by atoms with Crippen molar-refractivity contribution in [3.05, 3.63) is 92.0 Å². The number of nitro benzene ring substituents is 1. The van der Waals surface area contributed by atoms with Gasteiger partial charge in [0.1, 0.15) is 5.57 Å². The zero-order valence-corrected chi connectivity index (χ0v) is 22.7. The molecule has 0 spiro atoms. The summed E-state index contributed by atoms with van der Waals surface area (Å²) in [5.41, 5.74) is 1.05. The quantitative estimate of drug-likeness (QED) is 0.165. The van der Waals surface area contributed by atoms with Gasteiger partial charge in [-0.05, 0) is 64.3 Å². The van der Waals surface area contributed by atoms with Crippen molar-refractivity contribution in [2.75, 3.05) is 23.9 Å². The summed E-state index contributed by atoms with van der Waals surface area (Å²) in [7, 11) is 1.38. The van der Waals surface area contributed by atoms with E-state index in [1.165, 1.54) is 43.5 Å². The molecule has 1 aliphatic heterocycles. The van der Waals surface area contributed by atoms with Crippen LogP contribution in [0.25, 0.3) is 6.08 Å². The minimum atomic E-state index is -1.04. The number of benzene rings is 3. The van der Waals surface area contributed by atoms with Crippen LogP contribution in [0.3, 0.4) is 0 Å². The monoisotopic (exact) mass is 608 g/mol. The van der Waals surface area contributed by atoms with E-state index >= 15 is 0 Å². The number of non-ortho nitro benzene ring substituents is 1. The molecule has 0 unspecified atom stereocenters. The summed E-state index contributed by atoms with van der Waals surface area (Å²) in [6, 6.07) is 14.1. The molecular weight excluding hydrogens is 588 g/mol. The number of ether oxygens (including phenoxy) is 2. The average Bonchev–Trinajstić information content (AvgIpc) is 2.91. The molecule has 3 aromatic rings. The van der Waals surface area contributed by atoms with Crippen molar-refractivity contribution < 1.29 is 33.6 Å². The standard InChI is InChI=1S/C27H21BrN4O8/c1-15-6-3-4-9-21(15)29-23(33)14-40-24-20(28)11-16(12-22(24)39-2)10-19-25(34)30-27(36)31(26(19)35)17-7-5-8-18(13-17)32(37)38/h3-13H,14H2,1-2H3,(H,29,33)(H,30,34,36)/b19-10-. The summed E-state index contributed by atoms with van der Waals surface area (Å²) in [5, 5.41) is 16.0. The third kappa shape index (κ3) is 5.99. The molecule has 0 aliphatic carbocycles. The van der Waals surface area contributed by atoms with E-state index in [0.717, 1.165) is 11.6 Å². The smallest absolute Gasteiger partial charge is 0.335 e. The number of imide groups is 2. The summed E-state index contributed by atoms with van der Waals surface area (Å²) in [5.74, 6) is -1.92. The van der Waals surface area contributed by atoms with Crippen molar-refractivity contribution in [3.63, 3.8) is 0 Å². The first-order valence-electron chi connectivity index (χ1n) is 11.6. The second-order valence-electron chi connectivity index (χ2n) is 8.42. The Morgan fingerprint density at radius 2 is 1.88 bits per heavy atom. The minimum absolute atomic E-state index is 0.0819. The molecule has 4 rings (SSSR count). The van der Waals surface area contributed by atoms with Crippen molar-refractivity contribution in [1.29, 1.82) is 0 Å². The molecule has 0 radical (unpaired) electrons. The van der Waals surface area contributed by atoms with Gasteiger partial charge in [0.15, 0.2) is 18.1 Å². The summed E-state index contributed by atoms with van der Waals surface area (Å²) in [4.78, 5) is 61.7. The molecule has 3 aromatic carbocycles. The fraction of sp³-hybridized carbons (Fsp3) is 0.111. The van der Waals surface area contributed by atoms with Crippen LogP contribution in [0.4, 0.5) is 21.9 Å². The predicted octanol–water partition coefficient (Wildman–Crippen LogP) is 4.36. The summed E-state index contributed by atoms with van der Waals surface area (Å²) >= 11 is 3.36. The van der Waals surface area contributed by atoms with Crippen LogP contribution in [0, 0.1) is 17.0 Å². The molecule has 5 amide bonds. The first-order chi connectivity index (χ1) is 19.1. The highest BCUT2D eigenvalue weighted by Gasteiger charge is 2.37. The van der Waals surface area contributed by atoms with E-state index < -0.39 is 34.2 Å². The third-order valence-corrected chi connectivity index (χ3v) is 6.32. The molecule has 1 saturated heterocycles. The molecule has 1 fully saturated rings. The number of methoxy groups -OCH3 is 1. The van der Waals surface area contributed by atoms with Crippen LogP contribution < -0.4 is 25.0 Å². The van der Waals surface area contributed by atoms with Gasteiger partial charge in [0, 0.05) is 17.8 Å². The number of anilines is 2. The van der Waals surface area contributed by atoms with Gasteiger partial charge in [0.2, 0.25) is 0 Å². The number of para-hydroxylation sites is 1. The number of amides is 5. The average molecular weight is 609 g/mol. The summed E-state index contributed by atoms with van der Waals surface area (Å²) in [6.07, 6.45) is 1.23. The first-order valence-corrected chi connectivity index (χ1v) is 12.4. The molecule has 12 nitrogen and oxygen atoms in total. The number of hydrogen-bond acceptors (Lipinski definition) is 8. The molecule has 2 N–H and O–H groups in total. The van der Waals surface area contributed by atoms with Crippen molar-refractivity contribution in [3.8, 4) is 11.5 Å². The van der Waals surface area contributed by atoms with Gasteiger partial charge in [-0.1, -0.05) is 24.3 Å². The molecule has 0 saturated carbocycles. The van der Waals surface area contributed by atoms with Crippen LogP contribution in [0.15, 0.2) is 70.7 Å². The highest BCUT2D eigenvalue weighted by Crippen LogP contribution is 2.37. The maximum atomic E-state index is 13.2.